The van der Waals surface area contributed by atoms with Crippen molar-refractivity contribution in [3.05, 3.63) is 41.2 Å². The molecule has 4 aromatic heterocycles. The highest BCUT2D eigenvalue weighted by Gasteiger charge is 2.30. The average Bonchev–Trinajstić information content (AvgIpc) is 3.37. The average molecular weight is 420 g/mol. The zero-order chi connectivity index (χ0) is 21.7. The van der Waals surface area contributed by atoms with Crippen molar-refractivity contribution < 1.29 is 4.79 Å². The van der Waals surface area contributed by atoms with Gasteiger partial charge in [-0.3, -0.25) is 4.79 Å². The van der Waals surface area contributed by atoms with Gasteiger partial charge in [0.15, 0.2) is 11.5 Å². The fraction of sp³-hybridized carbons (Fsp3) is 0.450. The lowest BCUT2D eigenvalue weighted by molar-refractivity contribution is 0.0698. The topological polar surface area (TPSA) is 110 Å². The minimum Gasteiger partial charge on any atom is -0.361 e. The number of aryl methyl sites for hydroxylation is 2. The molecule has 5 heterocycles. The Bertz CT molecular complexity index is 1280. The smallest absolute Gasteiger partial charge is 0.293 e. The van der Waals surface area contributed by atoms with E-state index < -0.39 is 0 Å². The van der Waals surface area contributed by atoms with E-state index in [9.17, 15) is 4.79 Å². The molecule has 0 bridgehead atoms. The van der Waals surface area contributed by atoms with Crippen molar-refractivity contribution >= 4 is 23.1 Å². The van der Waals surface area contributed by atoms with Gasteiger partial charge in [-0.25, -0.2) is 9.50 Å². The highest BCUT2D eigenvalue weighted by molar-refractivity contribution is 5.91. The van der Waals surface area contributed by atoms with Crippen LogP contribution in [0.1, 0.15) is 46.6 Å². The number of carbonyl (C=O) groups excluding carboxylic acids is 1. The summed E-state index contributed by atoms with van der Waals surface area (Å²) in [6.07, 6.45) is 1.56. The number of nitrogens with zero attached hydrogens (tertiary/aromatic N) is 10. The fourth-order valence-corrected chi connectivity index (χ4v) is 4.03. The summed E-state index contributed by atoms with van der Waals surface area (Å²) in [6.45, 7) is 5.03. The maximum atomic E-state index is 13.0. The summed E-state index contributed by atoms with van der Waals surface area (Å²) >= 11 is 0. The number of likely N-dealkylation sites (tertiary alicyclic amines) is 1. The van der Waals surface area contributed by atoms with Gasteiger partial charge in [-0.15, -0.1) is 20.4 Å². The quantitative estimate of drug-likeness (QED) is 0.487. The van der Waals surface area contributed by atoms with E-state index >= 15 is 0 Å². The standard InChI is InChI=1S/C20H24N10O/c1-12-11-13(2)29-20(21-12)22-17(26-29)19(31)28-9-7-14(8-10-28)18-24-23-15-5-6-16(27(3)4)25-30(15)18/h5-6,11,14H,7-10H2,1-4H3. The van der Waals surface area contributed by atoms with Crippen molar-refractivity contribution in [3.8, 4) is 0 Å². The lowest BCUT2D eigenvalue weighted by Gasteiger charge is -2.30. The first kappa shape index (κ1) is 19.3. The Morgan fingerprint density at radius 3 is 2.55 bits per heavy atom. The first-order chi connectivity index (χ1) is 14.9. The van der Waals surface area contributed by atoms with Crippen LogP contribution in [-0.4, -0.2) is 77.4 Å². The number of hydrogen-bond acceptors (Lipinski definition) is 8. The third kappa shape index (κ3) is 3.35. The number of aromatic nitrogens is 8. The molecule has 1 amide bonds. The Balaban J connectivity index is 1.34. The van der Waals surface area contributed by atoms with Gasteiger partial charge >= 0.3 is 0 Å². The molecule has 0 aromatic carbocycles. The number of hydrogen-bond donors (Lipinski definition) is 0. The Morgan fingerprint density at radius 2 is 1.81 bits per heavy atom. The summed E-state index contributed by atoms with van der Waals surface area (Å²) in [6, 6.07) is 5.76. The van der Waals surface area contributed by atoms with Crippen LogP contribution in [0, 0.1) is 13.8 Å². The van der Waals surface area contributed by atoms with E-state index in [0.717, 1.165) is 41.5 Å². The molecule has 31 heavy (non-hydrogen) atoms. The minimum atomic E-state index is -0.167. The Kier molecular flexibility index (Phi) is 4.53. The molecule has 11 nitrogen and oxygen atoms in total. The van der Waals surface area contributed by atoms with Gasteiger partial charge in [-0.2, -0.15) is 9.50 Å². The normalized spacial score (nSPS) is 15.2. The molecule has 11 heteroatoms. The molecule has 1 aliphatic rings. The van der Waals surface area contributed by atoms with Crippen LogP contribution in [-0.2, 0) is 0 Å². The fourth-order valence-electron chi connectivity index (χ4n) is 4.03. The molecule has 4 aromatic rings. The molecule has 160 valence electrons. The van der Waals surface area contributed by atoms with Crippen LogP contribution in [0.3, 0.4) is 0 Å². The summed E-state index contributed by atoms with van der Waals surface area (Å²) in [5, 5.41) is 17.7. The zero-order valence-corrected chi connectivity index (χ0v) is 18.0. The minimum absolute atomic E-state index is 0.167. The van der Waals surface area contributed by atoms with Crippen LogP contribution in [0.25, 0.3) is 11.4 Å². The second kappa shape index (κ2) is 7.25. The van der Waals surface area contributed by atoms with Gasteiger partial charge < -0.3 is 9.80 Å². The van der Waals surface area contributed by atoms with Crippen LogP contribution < -0.4 is 4.90 Å². The first-order valence-electron chi connectivity index (χ1n) is 10.3. The van der Waals surface area contributed by atoms with Gasteiger partial charge in [0.05, 0.1) is 0 Å². The molecule has 1 fully saturated rings. The predicted molar refractivity (Wildman–Crippen MR) is 113 cm³/mol. The molecule has 0 atom stereocenters. The third-order valence-electron chi connectivity index (χ3n) is 5.69. The van der Waals surface area contributed by atoms with Crippen LogP contribution in [0.4, 0.5) is 5.82 Å². The van der Waals surface area contributed by atoms with Crippen molar-refractivity contribution in [2.24, 2.45) is 0 Å². The highest BCUT2D eigenvalue weighted by atomic mass is 16.2. The van der Waals surface area contributed by atoms with Crippen molar-refractivity contribution in [2.75, 3.05) is 32.1 Å². The predicted octanol–water partition coefficient (Wildman–Crippen LogP) is 1.26. The van der Waals surface area contributed by atoms with Crippen molar-refractivity contribution in [3.63, 3.8) is 0 Å². The number of carbonyl (C=O) groups is 1. The van der Waals surface area contributed by atoms with E-state index in [1.54, 1.807) is 9.42 Å². The van der Waals surface area contributed by atoms with E-state index in [2.05, 4.69) is 30.4 Å². The molecule has 0 N–H and O–H groups in total. The van der Waals surface area contributed by atoms with Gasteiger partial charge in [0.25, 0.3) is 11.7 Å². The molecule has 1 saturated heterocycles. The molecule has 1 aliphatic heterocycles. The van der Waals surface area contributed by atoms with Crippen LogP contribution >= 0.6 is 0 Å². The molecule has 0 saturated carbocycles. The molecule has 5 rings (SSSR count). The summed E-state index contributed by atoms with van der Waals surface area (Å²) in [5.41, 5.74) is 2.48. The first-order valence-corrected chi connectivity index (χ1v) is 10.3. The van der Waals surface area contributed by atoms with Crippen LogP contribution in [0.2, 0.25) is 0 Å². The second-order valence-electron chi connectivity index (χ2n) is 8.17. The van der Waals surface area contributed by atoms with E-state index in [0.29, 0.717) is 18.9 Å². The zero-order valence-electron chi connectivity index (χ0n) is 18.0. The SMILES string of the molecule is Cc1cc(C)n2nc(C(=O)N3CCC(c4nnc5ccc(N(C)C)nn45)CC3)nc2n1. The molecular weight excluding hydrogens is 396 g/mol. The van der Waals surface area contributed by atoms with E-state index in [1.807, 2.05) is 55.6 Å². The van der Waals surface area contributed by atoms with E-state index in [1.165, 1.54) is 0 Å². The van der Waals surface area contributed by atoms with Gasteiger partial charge in [0.2, 0.25) is 5.82 Å². The van der Waals surface area contributed by atoms with Crippen LogP contribution in [0.15, 0.2) is 18.2 Å². The summed E-state index contributed by atoms with van der Waals surface area (Å²) in [7, 11) is 3.90. The molecule has 0 aliphatic carbocycles. The maximum absolute atomic E-state index is 13.0. The maximum Gasteiger partial charge on any atom is 0.293 e. The Morgan fingerprint density at radius 1 is 1.03 bits per heavy atom. The van der Waals surface area contributed by atoms with E-state index in [4.69, 9.17) is 0 Å². The molecule has 0 spiro atoms. The van der Waals surface area contributed by atoms with Gasteiger partial charge in [0.1, 0.15) is 5.82 Å². The van der Waals surface area contributed by atoms with Gasteiger partial charge in [0, 0.05) is 44.5 Å². The van der Waals surface area contributed by atoms with Gasteiger partial charge in [-0.1, -0.05) is 0 Å². The lowest BCUT2D eigenvalue weighted by Crippen LogP contribution is -2.38. The third-order valence-corrected chi connectivity index (χ3v) is 5.69. The molecule has 0 radical (unpaired) electrons. The summed E-state index contributed by atoms with van der Waals surface area (Å²) in [4.78, 5) is 25.5. The van der Waals surface area contributed by atoms with Gasteiger partial charge in [-0.05, 0) is 44.9 Å². The summed E-state index contributed by atoms with van der Waals surface area (Å²) in [5.74, 6) is 2.34. The summed E-state index contributed by atoms with van der Waals surface area (Å²) < 4.78 is 3.43. The monoisotopic (exact) mass is 420 g/mol. The van der Waals surface area contributed by atoms with E-state index in [-0.39, 0.29) is 17.6 Å². The largest absolute Gasteiger partial charge is 0.361 e. The van der Waals surface area contributed by atoms with Crippen molar-refractivity contribution in [1.82, 2.24) is 44.3 Å². The number of amides is 1. The second-order valence-corrected chi connectivity index (χ2v) is 8.17. The van der Waals surface area contributed by atoms with Crippen molar-refractivity contribution in [2.45, 2.75) is 32.6 Å². The number of anilines is 1. The Hall–Kier alpha value is -3.63. The number of rotatable bonds is 3. The molecular formula is C20H24N10O. The molecule has 0 unspecified atom stereocenters. The number of piperidine rings is 1. The van der Waals surface area contributed by atoms with Crippen molar-refractivity contribution in [1.29, 1.82) is 0 Å². The van der Waals surface area contributed by atoms with Crippen LogP contribution in [0.5, 0.6) is 0 Å². The lowest BCUT2D eigenvalue weighted by atomic mass is 9.96. The number of fused-ring (bicyclic) bond motifs is 2. The highest BCUT2D eigenvalue weighted by Crippen LogP contribution is 2.27. The Labute approximate surface area is 178 Å².